The van der Waals surface area contributed by atoms with Crippen molar-refractivity contribution >= 4 is 0 Å². The van der Waals surface area contributed by atoms with E-state index >= 15 is 0 Å². The van der Waals surface area contributed by atoms with E-state index in [4.69, 9.17) is 5.26 Å². The van der Waals surface area contributed by atoms with Crippen molar-refractivity contribution in [3.63, 3.8) is 0 Å². The zero-order valence-electron chi connectivity index (χ0n) is 7.96. The van der Waals surface area contributed by atoms with E-state index in [2.05, 4.69) is 6.07 Å². The summed E-state index contributed by atoms with van der Waals surface area (Å²) in [6.07, 6.45) is 1.09. The van der Waals surface area contributed by atoms with Crippen LogP contribution in [0, 0.1) is 25.2 Å². The number of nitriles is 1. The molecule has 0 spiro atoms. The molecule has 2 heteroatoms. The first-order valence-corrected chi connectivity index (χ1v) is 4.32. The highest BCUT2D eigenvalue weighted by Crippen LogP contribution is 2.25. The lowest BCUT2D eigenvalue weighted by Gasteiger charge is -2.08. The highest BCUT2D eigenvalue weighted by atomic mass is 16.3. The molecule has 0 amide bonds. The maximum atomic E-state index is 9.70. The van der Waals surface area contributed by atoms with E-state index in [1.165, 1.54) is 0 Å². The minimum absolute atomic E-state index is 0.343. The van der Waals surface area contributed by atoms with Crippen LogP contribution in [0.2, 0.25) is 0 Å². The first-order chi connectivity index (χ1) is 6.16. The lowest BCUT2D eigenvalue weighted by atomic mass is 10.00. The Kier molecular flexibility index (Phi) is 2.92. The second-order valence-corrected chi connectivity index (χ2v) is 3.18. The molecule has 0 saturated carbocycles. The Morgan fingerprint density at radius 1 is 1.31 bits per heavy atom. The molecule has 0 aliphatic carbocycles. The Balaban J connectivity index is 3.04. The van der Waals surface area contributed by atoms with Gasteiger partial charge in [-0.25, -0.2) is 0 Å². The molecular weight excluding hydrogens is 162 g/mol. The van der Waals surface area contributed by atoms with Gasteiger partial charge in [0.25, 0.3) is 0 Å². The SMILES string of the molecule is Cc1ccc(C)c(CCC#N)c1O. The average molecular weight is 175 g/mol. The number of phenolic OH excluding ortho intramolecular Hbond substituents is 1. The standard InChI is InChI=1S/C11H13NO/c1-8-5-6-9(2)11(13)10(8)4-3-7-12/h5-6,13H,3-4H2,1-2H3. The lowest BCUT2D eigenvalue weighted by molar-refractivity contribution is 0.463. The number of hydrogen-bond acceptors (Lipinski definition) is 2. The maximum Gasteiger partial charge on any atom is 0.121 e. The summed E-state index contributed by atoms with van der Waals surface area (Å²) < 4.78 is 0. The summed E-state index contributed by atoms with van der Waals surface area (Å²) in [7, 11) is 0. The summed E-state index contributed by atoms with van der Waals surface area (Å²) in [5.41, 5.74) is 2.83. The van der Waals surface area contributed by atoms with Crippen molar-refractivity contribution in [2.45, 2.75) is 26.7 Å². The zero-order valence-corrected chi connectivity index (χ0v) is 7.96. The van der Waals surface area contributed by atoms with Crippen molar-refractivity contribution in [1.29, 1.82) is 5.26 Å². The van der Waals surface area contributed by atoms with Gasteiger partial charge in [-0.15, -0.1) is 0 Å². The molecule has 1 aromatic carbocycles. The van der Waals surface area contributed by atoms with E-state index in [0.717, 1.165) is 16.7 Å². The van der Waals surface area contributed by atoms with Crippen LogP contribution in [-0.2, 0) is 6.42 Å². The molecule has 0 unspecified atom stereocenters. The van der Waals surface area contributed by atoms with Gasteiger partial charge in [0.1, 0.15) is 5.75 Å². The first-order valence-electron chi connectivity index (χ1n) is 4.32. The largest absolute Gasteiger partial charge is 0.507 e. The van der Waals surface area contributed by atoms with E-state index in [0.29, 0.717) is 18.6 Å². The maximum absolute atomic E-state index is 9.70. The van der Waals surface area contributed by atoms with Gasteiger partial charge in [0.15, 0.2) is 0 Å². The molecule has 0 heterocycles. The Morgan fingerprint density at radius 2 is 1.92 bits per heavy atom. The fourth-order valence-electron chi connectivity index (χ4n) is 1.35. The molecule has 1 aromatic rings. The van der Waals surface area contributed by atoms with Gasteiger partial charge in [-0.2, -0.15) is 5.26 Å². The molecule has 0 fully saturated rings. The van der Waals surface area contributed by atoms with Crippen LogP contribution < -0.4 is 0 Å². The summed E-state index contributed by atoms with van der Waals surface area (Å²) in [4.78, 5) is 0. The average Bonchev–Trinajstić information content (AvgIpc) is 2.12. The predicted octanol–water partition coefficient (Wildman–Crippen LogP) is 2.47. The van der Waals surface area contributed by atoms with E-state index in [-0.39, 0.29) is 0 Å². The van der Waals surface area contributed by atoms with E-state index < -0.39 is 0 Å². The summed E-state index contributed by atoms with van der Waals surface area (Å²) in [5.74, 6) is 0.343. The molecule has 1 N–H and O–H groups in total. The zero-order chi connectivity index (χ0) is 9.84. The van der Waals surface area contributed by atoms with Crippen molar-refractivity contribution in [1.82, 2.24) is 0 Å². The number of aryl methyl sites for hydroxylation is 2. The van der Waals surface area contributed by atoms with Crippen LogP contribution in [0.4, 0.5) is 0 Å². The van der Waals surface area contributed by atoms with E-state index in [9.17, 15) is 5.11 Å². The number of aromatic hydroxyl groups is 1. The quantitative estimate of drug-likeness (QED) is 0.750. The Labute approximate surface area is 78.4 Å². The Bertz CT molecular complexity index is 350. The van der Waals surface area contributed by atoms with Crippen molar-refractivity contribution in [2.75, 3.05) is 0 Å². The third kappa shape index (κ3) is 2.00. The van der Waals surface area contributed by atoms with Crippen LogP contribution in [0.1, 0.15) is 23.1 Å². The normalized spacial score (nSPS) is 9.62. The van der Waals surface area contributed by atoms with Gasteiger partial charge in [-0.05, 0) is 37.0 Å². The smallest absolute Gasteiger partial charge is 0.121 e. The van der Waals surface area contributed by atoms with Gasteiger partial charge >= 0.3 is 0 Å². The minimum atomic E-state index is 0.343. The molecule has 0 bridgehead atoms. The number of phenols is 1. The Morgan fingerprint density at radius 3 is 2.54 bits per heavy atom. The van der Waals surface area contributed by atoms with Crippen LogP contribution in [0.3, 0.4) is 0 Å². The van der Waals surface area contributed by atoms with Crippen molar-refractivity contribution < 1.29 is 5.11 Å². The van der Waals surface area contributed by atoms with Crippen LogP contribution in [0.25, 0.3) is 0 Å². The summed E-state index contributed by atoms with van der Waals surface area (Å²) in [6.45, 7) is 3.82. The molecular formula is C11H13NO. The van der Waals surface area contributed by atoms with Crippen molar-refractivity contribution in [3.05, 3.63) is 28.8 Å². The fraction of sp³-hybridized carbons (Fsp3) is 0.364. The van der Waals surface area contributed by atoms with Crippen LogP contribution in [0.5, 0.6) is 5.75 Å². The molecule has 0 radical (unpaired) electrons. The highest BCUT2D eigenvalue weighted by molar-refractivity contribution is 5.44. The van der Waals surface area contributed by atoms with Gasteiger partial charge in [-0.1, -0.05) is 12.1 Å². The molecule has 0 aliphatic heterocycles. The van der Waals surface area contributed by atoms with Crippen LogP contribution in [-0.4, -0.2) is 5.11 Å². The van der Waals surface area contributed by atoms with Gasteiger partial charge < -0.3 is 5.11 Å². The monoisotopic (exact) mass is 175 g/mol. The van der Waals surface area contributed by atoms with E-state index in [1.807, 2.05) is 26.0 Å². The third-order valence-corrected chi connectivity index (χ3v) is 2.21. The predicted molar refractivity (Wildman–Crippen MR) is 51.5 cm³/mol. The lowest BCUT2D eigenvalue weighted by Crippen LogP contribution is -1.91. The summed E-state index contributed by atoms with van der Waals surface area (Å²) in [6, 6.07) is 5.94. The van der Waals surface area contributed by atoms with Gasteiger partial charge in [0, 0.05) is 6.42 Å². The highest BCUT2D eigenvalue weighted by Gasteiger charge is 2.06. The Hall–Kier alpha value is -1.49. The second-order valence-electron chi connectivity index (χ2n) is 3.18. The molecule has 13 heavy (non-hydrogen) atoms. The molecule has 2 nitrogen and oxygen atoms in total. The van der Waals surface area contributed by atoms with Crippen molar-refractivity contribution in [2.24, 2.45) is 0 Å². The van der Waals surface area contributed by atoms with Gasteiger partial charge in [0.2, 0.25) is 0 Å². The molecule has 0 saturated heterocycles. The molecule has 0 atom stereocenters. The topological polar surface area (TPSA) is 44.0 Å². The molecule has 1 rings (SSSR count). The number of nitrogens with zero attached hydrogens (tertiary/aromatic N) is 1. The minimum Gasteiger partial charge on any atom is -0.507 e. The van der Waals surface area contributed by atoms with E-state index in [1.54, 1.807) is 0 Å². The molecule has 0 aliphatic rings. The number of benzene rings is 1. The summed E-state index contributed by atoms with van der Waals surface area (Å²) in [5, 5.41) is 18.1. The number of hydrogen-bond donors (Lipinski definition) is 1. The van der Waals surface area contributed by atoms with Crippen LogP contribution in [0.15, 0.2) is 12.1 Å². The molecule has 0 aromatic heterocycles. The van der Waals surface area contributed by atoms with Crippen molar-refractivity contribution in [3.8, 4) is 11.8 Å². The van der Waals surface area contributed by atoms with Crippen LogP contribution >= 0.6 is 0 Å². The van der Waals surface area contributed by atoms with Gasteiger partial charge in [0.05, 0.1) is 6.07 Å². The second kappa shape index (κ2) is 3.95. The van der Waals surface area contributed by atoms with Gasteiger partial charge in [-0.3, -0.25) is 0 Å². The first kappa shape index (κ1) is 9.60. The third-order valence-electron chi connectivity index (χ3n) is 2.21. The number of rotatable bonds is 2. The fourth-order valence-corrected chi connectivity index (χ4v) is 1.35. The summed E-state index contributed by atoms with van der Waals surface area (Å²) >= 11 is 0. The molecule has 68 valence electrons.